The smallest absolute Gasteiger partial charge is 0.264 e. The second kappa shape index (κ2) is 16.3. The Balaban J connectivity index is 1.47. The van der Waals surface area contributed by atoms with Crippen molar-refractivity contribution < 1.29 is 27.5 Å². The normalized spacial score (nSPS) is 14.0. The van der Waals surface area contributed by atoms with E-state index in [4.69, 9.17) is 9.47 Å². The van der Waals surface area contributed by atoms with Gasteiger partial charge in [-0.05, 0) is 85.5 Å². The van der Waals surface area contributed by atoms with Crippen LogP contribution in [0.4, 0.5) is 5.69 Å². The molecule has 9 nitrogen and oxygen atoms in total. The van der Waals surface area contributed by atoms with Crippen molar-refractivity contribution in [3.63, 3.8) is 0 Å². The number of hydrogen-bond acceptors (Lipinski definition) is 6. The molecule has 0 radical (unpaired) electrons. The fourth-order valence-corrected chi connectivity index (χ4v) is 7.38. The van der Waals surface area contributed by atoms with Crippen LogP contribution in [0, 0.1) is 0 Å². The van der Waals surface area contributed by atoms with Gasteiger partial charge < -0.3 is 19.7 Å². The molecule has 4 aromatic carbocycles. The summed E-state index contributed by atoms with van der Waals surface area (Å²) >= 11 is 0. The lowest BCUT2D eigenvalue weighted by Crippen LogP contribution is -2.54. The number of nitrogens with one attached hydrogen (secondary N) is 1. The number of hydrogen-bond donors (Lipinski definition) is 1. The SMILES string of the molecule is CC[C@@H](C(=O)NC1CCCCC1)N(Cc1ccc(OC)cc1)C(=O)CN(c1ccc(Oc2ccccc2)cc1)S(=O)(=O)c1ccccc1. The highest BCUT2D eigenvalue weighted by molar-refractivity contribution is 7.92. The molecule has 0 aliphatic heterocycles. The van der Waals surface area contributed by atoms with E-state index in [1.807, 2.05) is 49.4 Å². The minimum absolute atomic E-state index is 0.0474. The first-order valence-electron chi connectivity index (χ1n) is 16.4. The van der Waals surface area contributed by atoms with Crippen molar-refractivity contribution in [3.8, 4) is 17.2 Å². The van der Waals surface area contributed by atoms with Crippen molar-refractivity contribution in [2.45, 2.75) is 69.0 Å². The van der Waals surface area contributed by atoms with Crippen molar-refractivity contribution in [1.82, 2.24) is 10.2 Å². The van der Waals surface area contributed by atoms with Gasteiger partial charge in [-0.2, -0.15) is 0 Å². The zero-order valence-electron chi connectivity index (χ0n) is 27.5. The van der Waals surface area contributed by atoms with Crippen molar-refractivity contribution in [3.05, 3.63) is 115 Å². The lowest BCUT2D eigenvalue weighted by molar-refractivity contribution is -0.140. The number of amides is 2. The number of sulfonamides is 1. The third-order valence-corrected chi connectivity index (χ3v) is 10.4. The van der Waals surface area contributed by atoms with Crippen LogP contribution in [0.15, 0.2) is 114 Å². The number of carbonyl (C=O) groups excluding carboxylic acids is 2. The number of nitrogens with zero attached hydrogens (tertiary/aromatic N) is 2. The van der Waals surface area contributed by atoms with Gasteiger partial charge >= 0.3 is 0 Å². The van der Waals surface area contributed by atoms with Crippen LogP contribution in [0.25, 0.3) is 0 Å². The van der Waals surface area contributed by atoms with E-state index in [-0.39, 0.29) is 29.1 Å². The molecule has 1 aliphatic rings. The maximum absolute atomic E-state index is 14.4. The Morgan fingerprint density at radius 2 is 1.38 bits per heavy atom. The Hall–Kier alpha value is -4.83. The number of methoxy groups -OCH3 is 1. The minimum Gasteiger partial charge on any atom is -0.497 e. The molecule has 0 aromatic heterocycles. The van der Waals surface area contributed by atoms with Crippen LogP contribution in [-0.4, -0.2) is 50.9 Å². The third kappa shape index (κ3) is 8.74. The van der Waals surface area contributed by atoms with Gasteiger partial charge in [0.2, 0.25) is 11.8 Å². The predicted molar refractivity (Wildman–Crippen MR) is 187 cm³/mol. The van der Waals surface area contributed by atoms with Gasteiger partial charge in [-0.3, -0.25) is 13.9 Å². The molecule has 4 aromatic rings. The molecule has 5 rings (SSSR count). The molecular weight excluding hydrogens is 627 g/mol. The van der Waals surface area contributed by atoms with Crippen molar-refractivity contribution in [2.24, 2.45) is 0 Å². The Bertz CT molecular complexity index is 1730. The van der Waals surface area contributed by atoms with Gasteiger partial charge in [-0.1, -0.05) is 74.7 Å². The fraction of sp³-hybridized carbons (Fsp3) is 0.316. The van der Waals surface area contributed by atoms with Crippen LogP contribution in [-0.2, 0) is 26.2 Å². The first kappa shape index (κ1) is 34.5. The van der Waals surface area contributed by atoms with Crippen LogP contribution in [0.5, 0.6) is 17.2 Å². The van der Waals surface area contributed by atoms with Crippen molar-refractivity contribution >= 4 is 27.5 Å². The summed E-state index contributed by atoms with van der Waals surface area (Å²) < 4.78 is 40.7. The summed E-state index contributed by atoms with van der Waals surface area (Å²) in [5, 5.41) is 3.18. The van der Waals surface area contributed by atoms with Gasteiger partial charge in [0.05, 0.1) is 17.7 Å². The van der Waals surface area contributed by atoms with Crippen molar-refractivity contribution in [2.75, 3.05) is 18.0 Å². The highest BCUT2D eigenvalue weighted by Gasteiger charge is 2.34. The molecule has 0 saturated heterocycles. The summed E-state index contributed by atoms with van der Waals surface area (Å²) in [4.78, 5) is 29.7. The quantitative estimate of drug-likeness (QED) is 0.156. The van der Waals surface area contributed by atoms with Crippen molar-refractivity contribution in [1.29, 1.82) is 0 Å². The molecule has 1 saturated carbocycles. The second-order valence-electron chi connectivity index (χ2n) is 11.9. The largest absolute Gasteiger partial charge is 0.497 e. The highest BCUT2D eigenvalue weighted by Crippen LogP contribution is 2.29. The molecule has 0 heterocycles. The maximum Gasteiger partial charge on any atom is 0.264 e. The summed E-state index contributed by atoms with van der Waals surface area (Å²) in [6.07, 6.45) is 5.42. The second-order valence-corrected chi connectivity index (χ2v) is 13.7. The minimum atomic E-state index is -4.18. The molecule has 10 heteroatoms. The van der Waals surface area contributed by atoms with Crippen LogP contribution in [0.3, 0.4) is 0 Å². The fourth-order valence-electron chi connectivity index (χ4n) is 5.94. The standard InChI is InChI=1S/C38H43N3O6S/c1-3-36(38(43)39-30-13-7-4-8-14-30)40(27-29-19-23-32(46-2)24-20-29)37(42)28-41(48(44,45)35-17-11-6-12-18-35)31-21-25-34(26-22-31)47-33-15-9-5-10-16-33/h5-6,9-12,15-26,30,36H,3-4,7-8,13-14,27-28H2,1-2H3,(H,39,43)/t36-/m0/s1. The Kier molecular flexibility index (Phi) is 11.7. The van der Waals surface area contributed by atoms with Crippen LogP contribution >= 0.6 is 0 Å². The zero-order chi connectivity index (χ0) is 33.9. The monoisotopic (exact) mass is 669 g/mol. The average Bonchev–Trinajstić information content (AvgIpc) is 3.12. The molecule has 1 N–H and O–H groups in total. The van der Waals surface area contributed by atoms with Crippen LogP contribution in [0.1, 0.15) is 51.0 Å². The molecular formula is C38H43N3O6S. The van der Waals surface area contributed by atoms with Gasteiger partial charge in [-0.25, -0.2) is 8.42 Å². The van der Waals surface area contributed by atoms with E-state index in [0.29, 0.717) is 23.7 Å². The summed E-state index contributed by atoms with van der Waals surface area (Å²) in [7, 11) is -2.60. The number of anilines is 1. The lowest BCUT2D eigenvalue weighted by atomic mass is 9.95. The van der Waals surface area contributed by atoms with E-state index < -0.39 is 28.5 Å². The molecule has 0 spiro atoms. The number of benzene rings is 4. The molecule has 0 unspecified atom stereocenters. The van der Waals surface area contributed by atoms with E-state index in [1.165, 1.54) is 17.0 Å². The molecule has 48 heavy (non-hydrogen) atoms. The third-order valence-electron chi connectivity index (χ3n) is 8.56. The predicted octanol–water partition coefficient (Wildman–Crippen LogP) is 6.94. The lowest BCUT2D eigenvalue weighted by Gasteiger charge is -2.34. The van der Waals surface area contributed by atoms with E-state index in [1.54, 1.807) is 61.7 Å². The summed E-state index contributed by atoms with van der Waals surface area (Å²) in [5.74, 6) is 1.09. The zero-order valence-corrected chi connectivity index (χ0v) is 28.3. The Labute approximate surface area is 283 Å². The first-order valence-corrected chi connectivity index (χ1v) is 17.9. The van der Waals surface area contributed by atoms with E-state index in [9.17, 15) is 18.0 Å². The van der Waals surface area contributed by atoms with Crippen LogP contribution < -0.4 is 19.1 Å². The van der Waals surface area contributed by atoms with Gasteiger partial charge in [0, 0.05) is 12.6 Å². The highest BCUT2D eigenvalue weighted by atomic mass is 32.2. The number of para-hydroxylation sites is 1. The Morgan fingerprint density at radius 1 is 0.792 bits per heavy atom. The molecule has 1 fully saturated rings. The molecule has 2 amide bonds. The Morgan fingerprint density at radius 3 is 1.98 bits per heavy atom. The van der Waals surface area contributed by atoms with Crippen LogP contribution in [0.2, 0.25) is 0 Å². The van der Waals surface area contributed by atoms with Gasteiger partial charge in [0.25, 0.3) is 10.0 Å². The molecule has 1 atom stereocenters. The first-order chi connectivity index (χ1) is 23.3. The molecule has 252 valence electrons. The average molecular weight is 670 g/mol. The number of rotatable bonds is 14. The molecule has 1 aliphatic carbocycles. The van der Waals surface area contributed by atoms with Gasteiger partial charge in [0.1, 0.15) is 29.8 Å². The maximum atomic E-state index is 14.4. The van der Waals surface area contributed by atoms with E-state index >= 15 is 0 Å². The summed E-state index contributed by atoms with van der Waals surface area (Å²) in [6.45, 7) is 1.46. The topological polar surface area (TPSA) is 105 Å². The summed E-state index contributed by atoms with van der Waals surface area (Å²) in [5.41, 5.74) is 1.07. The van der Waals surface area contributed by atoms with E-state index in [0.717, 1.165) is 42.0 Å². The molecule has 0 bridgehead atoms. The number of ether oxygens (including phenoxy) is 2. The summed E-state index contributed by atoms with van der Waals surface area (Å²) in [6, 6.07) is 30.4. The van der Waals surface area contributed by atoms with Gasteiger partial charge in [-0.15, -0.1) is 0 Å². The van der Waals surface area contributed by atoms with Gasteiger partial charge in [0.15, 0.2) is 0 Å². The number of carbonyl (C=O) groups is 2. The van der Waals surface area contributed by atoms with E-state index in [2.05, 4.69) is 5.32 Å².